The van der Waals surface area contributed by atoms with Crippen LogP contribution in [0.3, 0.4) is 0 Å². The summed E-state index contributed by atoms with van der Waals surface area (Å²) < 4.78 is 39.7. The van der Waals surface area contributed by atoms with Crippen LogP contribution in [0, 0.1) is 17.5 Å². The Bertz CT molecular complexity index is 780. The first kappa shape index (κ1) is 11.6. The van der Waals surface area contributed by atoms with Crippen LogP contribution >= 0.6 is 0 Å². The molecule has 6 heteroatoms. The second-order valence-corrected chi connectivity index (χ2v) is 4.08. The molecule has 3 rings (SSSR count). The summed E-state index contributed by atoms with van der Waals surface area (Å²) in [7, 11) is 0. The molecular weight excluding hydrogens is 255 g/mol. The second-order valence-electron chi connectivity index (χ2n) is 4.08. The Kier molecular flexibility index (Phi) is 2.45. The molecule has 0 aliphatic heterocycles. The number of nitrogens with one attached hydrogen (secondary N) is 1. The van der Waals surface area contributed by atoms with Crippen molar-refractivity contribution >= 4 is 16.7 Å². The molecule has 0 fully saturated rings. The Labute approximate surface area is 105 Å². The molecule has 3 aromatic rings. The molecule has 3 nitrogen and oxygen atoms in total. The lowest BCUT2D eigenvalue weighted by atomic mass is 10.2. The van der Waals surface area contributed by atoms with Crippen molar-refractivity contribution < 1.29 is 13.2 Å². The van der Waals surface area contributed by atoms with Gasteiger partial charge in [-0.25, -0.2) is 18.2 Å². The summed E-state index contributed by atoms with van der Waals surface area (Å²) in [6, 6.07) is 6.92. The lowest BCUT2D eigenvalue weighted by molar-refractivity contribution is 0.448. The molecule has 0 aliphatic rings. The second kappa shape index (κ2) is 4.01. The molecule has 0 radical (unpaired) electrons. The zero-order valence-corrected chi connectivity index (χ0v) is 9.55. The molecule has 0 saturated carbocycles. The van der Waals surface area contributed by atoms with Gasteiger partial charge in [-0.2, -0.15) is 0 Å². The standard InChI is InChI=1S/C13H8F3N3/c14-8-3-2-7(11(15)12(8)16)13-18-9-4-1-6(17)5-10(9)19-13/h1-5H,17H2,(H,18,19). The quantitative estimate of drug-likeness (QED) is 0.523. The molecule has 1 aromatic heterocycles. The molecule has 0 bridgehead atoms. The van der Waals surface area contributed by atoms with E-state index in [1.54, 1.807) is 18.2 Å². The van der Waals surface area contributed by atoms with Gasteiger partial charge in [0, 0.05) is 5.69 Å². The van der Waals surface area contributed by atoms with Crippen LogP contribution in [0.5, 0.6) is 0 Å². The fourth-order valence-electron chi connectivity index (χ4n) is 1.86. The van der Waals surface area contributed by atoms with Gasteiger partial charge in [0.1, 0.15) is 5.82 Å². The van der Waals surface area contributed by atoms with Crippen molar-refractivity contribution in [3.63, 3.8) is 0 Å². The molecule has 0 saturated heterocycles. The zero-order valence-electron chi connectivity index (χ0n) is 9.55. The van der Waals surface area contributed by atoms with Crippen molar-refractivity contribution in [1.82, 2.24) is 9.97 Å². The Balaban J connectivity index is 2.22. The molecule has 2 aromatic carbocycles. The number of aromatic nitrogens is 2. The number of H-pyrrole nitrogens is 1. The van der Waals surface area contributed by atoms with Gasteiger partial charge >= 0.3 is 0 Å². The van der Waals surface area contributed by atoms with Gasteiger partial charge in [-0.1, -0.05) is 0 Å². The molecule has 3 N–H and O–H groups in total. The third-order valence-electron chi connectivity index (χ3n) is 2.80. The lowest BCUT2D eigenvalue weighted by Crippen LogP contribution is -1.94. The number of rotatable bonds is 1. The summed E-state index contributed by atoms with van der Waals surface area (Å²) in [6.45, 7) is 0. The highest BCUT2D eigenvalue weighted by Gasteiger charge is 2.17. The van der Waals surface area contributed by atoms with Crippen molar-refractivity contribution in [2.45, 2.75) is 0 Å². The molecule has 0 spiro atoms. The number of hydrogen-bond donors (Lipinski definition) is 2. The number of aromatic amines is 1. The van der Waals surface area contributed by atoms with E-state index in [1.807, 2.05) is 0 Å². The zero-order chi connectivity index (χ0) is 13.6. The van der Waals surface area contributed by atoms with Crippen molar-refractivity contribution in [3.05, 3.63) is 47.8 Å². The minimum absolute atomic E-state index is 0.122. The van der Waals surface area contributed by atoms with E-state index >= 15 is 0 Å². The number of anilines is 1. The van der Waals surface area contributed by atoms with E-state index in [9.17, 15) is 13.2 Å². The summed E-state index contributed by atoms with van der Waals surface area (Å²) in [5, 5.41) is 0. The van der Waals surface area contributed by atoms with Crippen LogP contribution in [0.25, 0.3) is 22.4 Å². The normalized spacial score (nSPS) is 11.1. The topological polar surface area (TPSA) is 54.7 Å². The molecule has 0 atom stereocenters. The molecule has 19 heavy (non-hydrogen) atoms. The predicted octanol–water partition coefficient (Wildman–Crippen LogP) is 3.23. The first-order chi connectivity index (χ1) is 9.06. The van der Waals surface area contributed by atoms with Crippen molar-refractivity contribution in [2.24, 2.45) is 0 Å². The van der Waals surface area contributed by atoms with Gasteiger partial charge in [0.2, 0.25) is 0 Å². The summed E-state index contributed by atoms with van der Waals surface area (Å²) in [5.41, 5.74) is 7.16. The minimum atomic E-state index is -1.52. The van der Waals surface area contributed by atoms with Crippen molar-refractivity contribution in [3.8, 4) is 11.4 Å². The Hall–Kier alpha value is -2.50. The number of benzene rings is 2. The average molecular weight is 263 g/mol. The van der Waals surface area contributed by atoms with Crippen LogP contribution < -0.4 is 5.73 Å². The maximum Gasteiger partial charge on any atom is 0.195 e. The molecule has 96 valence electrons. The average Bonchev–Trinajstić information content (AvgIpc) is 2.78. The number of halogens is 3. The number of imidazole rings is 1. The fraction of sp³-hybridized carbons (Fsp3) is 0. The third kappa shape index (κ3) is 1.81. The number of nitrogen functional groups attached to an aromatic ring is 1. The lowest BCUT2D eigenvalue weighted by Gasteiger charge is -2.00. The summed E-state index contributed by atoms with van der Waals surface area (Å²) in [6.07, 6.45) is 0. The molecular formula is C13H8F3N3. The van der Waals surface area contributed by atoms with E-state index < -0.39 is 17.5 Å². The first-order valence-electron chi connectivity index (χ1n) is 5.45. The highest BCUT2D eigenvalue weighted by Crippen LogP contribution is 2.26. The maximum absolute atomic E-state index is 13.7. The largest absolute Gasteiger partial charge is 0.399 e. The van der Waals surface area contributed by atoms with Crippen molar-refractivity contribution in [2.75, 3.05) is 5.73 Å². The smallest absolute Gasteiger partial charge is 0.195 e. The van der Waals surface area contributed by atoms with E-state index in [0.29, 0.717) is 16.7 Å². The van der Waals surface area contributed by atoms with Gasteiger partial charge in [-0.05, 0) is 30.3 Å². The van der Waals surface area contributed by atoms with E-state index in [4.69, 9.17) is 5.73 Å². The van der Waals surface area contributed by atoms with Gasteiger partial charge < -0.3 is 10.7 Å². The Morgan fingerprint density at radius 3 is 2.58 bits per heavy atom. The van der Waals surface area contributed by atoms with Gasteiger partial charge in [0.15, 0.2) is 17.5 Å². The monoisotopic (exact) mass is 263 g/mol. The van der Waals surface area contributed by atoms with E-state index in [0.717, 1.165) is 12.1 Å². The van der Waals surface area contributed by atoms with Crippen LogP contribution in [0.4, 0.5) is 18.9 Å². The van der Waals surface area contributed by atoms with Crippen LogP contribution in [-0.4, -0.2) is 9.97 Å². The summed E-state index contributed by atoms with van der Waals surface area (Å²) in [4.78, 5) is 6.94. The van der Waals surface area contributed by atoms with E-state index in [-0.39, 0.29) is 11.4 Å². The van der Waals surface area contributed by atoms with Crippen LogP contribution in [0.2, 0.25) is 0 Å². The predicted molar refractivity (Wildman–Crippen MR) is 65.8 cm³/mol. The summed E-state index contributed by atoms with van der Waals surface area (Å²) >= 11 is 0. The number of nitrogens with zero attached hydrogens (tertiary/aromatic N) is 1. The van der Waals surface area contributed by atoms with Gasteiger partial charge in [-0.15, -0.1) is 0 Å². The SMILES string of the molecule is Nc1ccc2nc(-c3ccc(F)c(F)c3F)[nH]c2c1. The summed E-state index contributed by atoms with van der Waals surface area (Å²) in [5.74, 6) is -3.90. The van der Waals surface area contributed by atoms with E-state index in [1.165, 1.54) is 0 Å². The van der Waals surface area contributed by atoms with Gasteiger partial charge in [0.25, 0.3) is 0 Å². The fourth-order valence-corrected chi connectivity index (χ4v) is 1.86. The number of fused-ring (bicyclic) bond motifs is 1. The number of nitrogens with two attached hydrogens (primary N) is 1. The van der Waals surface area contributed by atoms with E-state index in [2.05, 4.69) is 9.97 Å². The minimum Gasteiger partial charge on any atom is -0.399 e. The first-order valence-corrected chi connectivity index (χ1v) is 5.45. The molecule has 0 amide bonds. The molecule has 0 unspecified atom stereocenters. The van der Waals surface area contributed by atoms with Gasteiger partial charge in [-0.3, -0.25) is 0 Å². The maximum atomic E-state index is 13.7. The Morgan fingerprint density at radius 1 is 1.00 bits per heavy atom. The van der Waals surface area contributed by atoms with Crippen LogP contribution in [0.1, 0.15) is 0 Å². The van der Waals surface area contributed by atoms with Crippen molar-refractivity contribution in [1.29, 1.82) is 0 Å². The highest BCUT2D eigenvalue weighted by molar-refractivity contribution is 5.82. The third-order valence-corrected chi connectivity index (χ3v) is 2.80. The Morgan fingerprint density at radius 2 is 1.79 bits per heavy atom. The highest BCUT2D eigenvalue weighted by atomic mass is 19.2. The number of hydrogen-bond acceptors (Lipinski definition) is 2. The van der Waals surface area contributed by atoms with Crippen LogP contribution in [0.15, 0.2) is 30.3 Å². The molecule has 1 heterocycles. The molecule has 0 aliphatic carbocycles. The van der Waals surface area contributed by atoms with Gasteiger partial charge in [0.05, 0.1) is 16.6 Å². The van der Waals surface area contributed by atoms with Crippen LogP contribution in [-0.2, 0) is 0 Å².